The third-order valence-electron chi connectivity index (χ3n) is 0.0430. The topological polar surface area (TPSA) is 46.5 Å². The van der Waals surface area contributed by atoms with E-state index in [2.05, 4.69) is 4.81 Å². The van der Waals surface area contributed by atoms with Gasteiger partial charge in [-0.05, 0) is 0 Å². The van der Waals surface area contributed by atoms with E-state index in [0.717, 1.165) is 0 Å². The molecule has 0 amide bonds. The molecule has 5 heavy (non-hydrogen) atoms. The first-order valence-corrected chi connectivity index (χ1v) is 0.654. The fraction of sp³-hybridized carbons (Fsp3) is 0. The SMILES string of the molecule is O=BOO.[Na]. The summed E-state index contributed by atoms with van der Waals surface area (Å²) in [6.45, 7) is 0. The van der Waals surface area contributed by atoms with Crippen LogP contribution in [0, 0.1) is 0 Å². The van der Waals surface area contributed by atoms with Gasteiger partial charge in [-0.1, -0.05) is 0 Å². The summed E-state index contributed by atoms with van der Waals surface area (Å²) >= 11 is 0. The second kappa shape index (κ2) is 8.82. The van der Waals surface area contributed by atoms with Crippen LogP contribution < -0.4 is 0 Å². The van der Waals surface area contributed by atoms with E-state index in [1.807, 2.05) is 0 Å². The van der Waals surface area contributed by atoms with Gasteiger partial charge in [0.1, 0.15) is 0 Å². The van der Waals surface area contributed by atoms with E-state index >= 15 is 0 Å². The van der Waals surface area contributed by atoms with E-state index in [-0.39, 0.29) is 36.9 Å². The number of hydrogen-bond donors (Lipinski definition) is 1. The molecule has 0 saturated carbocycles. The van der Waals surface area contributed by atoms with Crippen molar-refractivity contribution in [2.75, 3.05) is 0 Å². The van der Waals surface area contributed by atoms with Crippen LogP contribution in [0.25, 0.3) is 0 Å². The van der Waals surface area contributed by atoms with Crippen LogP contribution in [0.4, 0.5) is 0 Å². The molecular formula is HBNaO3. The van der Waals surface area contributed by atoms with Gasteiger partial charge in [0.25, 0.3) is 0 Å². The summed E-state index contributed by atoms with van der Waals surface area (Å²) in [5, 5.41) is 7.01. The smallest absolute Gasteiger partial charge is 0 e. The van der Waals surface area contributed by atoms with E-state index in [1.54, 1.807) is 0 Å². The van der Waals surface area contributed by atoms with Crippen molar-refractivity contribution >= 4 is 36.9 Å². The Kier molecular flexibility index (Phi) is 16.2. The van der Waals surface area contributed by atoms with Crippen LogP contribution in [0.15, 0.2) is 0 Å². The zero-order valence-corrected chi connectivity index (χ0v) is 4.84. The summed E-state index contributed by atoms with van der Waals surface area (Å²) in [4.78, 5) is 2.86. The summed E-state index contributed by atoms with van der Waals surface area (Å²) in [5.41, 5.74) is 0. The second-order valence-corrected chi connectivity index (χ2v) is 0.202. The standard InChI is InChI=1S/BHO3.Na/c2-1-4-3;/h3H;. The van der Waals surface area contributed by atoms with Gasteiger partial charge in [0.05, 0.1) is 0 Å². The summed E-state index contributed by atoms with van der Waals surface area (Å²) in [7, 11) is -0.0694. The molecule has 0 fully saturated rings. The van der Waals surface area contributed by atoms with E-state index < -0.39 is 0 Å². The monoisotopic (exact) mass is 83.0 g/mol. The molecule has 0 spiro atoms. The minimum atomic E-state index is -0.0694. The second-order valence-electron chi connectivity index (χ2n) is 0.202. The van der Waals surface area contributed by atoms with E-state index in [9.17, 15) is 0 Å². The summed E-state index contributed by atoms with van der Waals surface area (Å²) in [6.07, 6.45) is 0. The van der Waals surface area contributed by atoms with Gasteiger partial charge in [0, 0.05) is 29.6 Å². The van der Waals surface area contributed by atoms with Crippen LogP contribution in [0.2, 0.25) is 0 Å². The summed E-state index contributed by atoms with van der Waals surface area (Å²) < 4.78 is 8.70. The zero-order valence-electron chi connectivity index (χ0n) is 2.84. The third-order valence-corrected chi connectivity index (χ3v) is 0.0430. The van der Waals surface area contributed by atoms with Crippen LogP contribution in [0.1, 0.15) is 0 Å². The van der Waals surface area contributed by atoms with Gasteiger partial charge in [-0.3, -0.25) is 0 Å². The average molecular weight is 82.8 g/mol. The zero-order chi connectivity index (χ0) is 3.41. The molecule has 0 heterocycles. The molecule has 23 valence electrons. The van der Waals surface area contributed by atoms with Gasteiger partial charge >= 0.3 is 22.1 Å². The Morgan fingerprint density at radius 1 is 1.80 bits per heavy atom. The fourth-order valence-corrected chi connectivity index (χ4v) is 0. The van der Waals surface area contributed by atoms with Crippen molar-refractivity contribution in [3.63, 3.8) is 0 Å². The summed E-state index contributed by atoms with van der Waals surface area (Å²) in [5.74, 6) is 0. The van der Waals surface area contributed by atoms with Crippen LogP contribution >= 0.6 is 0 Å². The molecule has 0 aliphatic carbocycles. The molecular weight excluding hydrogens is 81.8 g/mol. The van der Waals surface area contributed by atoms with Gasteiger partial charge in [-0.15, -0.1) is 0 Å². The Labute approximate surface area is 51.8 Å². The number of rotatable bonds is 1. The molecule has 5 heteroatoms. The van der Waals surface area contributed by atoms with E-state index in [1.165, 1.54) is 0 Å². The van der Waals surface area contributed by atoms with Crippen LogP contribution in [0.5, 0.6) is 0 Å². The summed E-state index contributed by atoms with van der Waals surface area (Å²) in [6, 6.07) is 0. The predicted octanol–water partition coefficient (Wildman–Crippen LogP) is -0.940. The van der Waals surface area contributed by atoms with Crippen molar-refractivity contribution in [2.45, 2.75) is 0 Å². The van der Waals surface area contributed by atoms with Gasteiger partial charge in [0.2, 0.25) is 0 Å². The van der Waals surface area contributed by atoms with Gasteiger partial charge in [-0.2, -0.15) is 0 Å². The third kappa shape index (κ3) is 12.1. The van der Waals surface area contributed by atoms with Gasteiger partial charge in [-0.25, -0.2) is 0 Å². The Morgan fingerprint density at radius 3 is 2.00 bits per heavy atom. The normalized spacial score (nSPS) is 3.40. The Bertz CT molecular complexity index is 20.9. The average Bonchev–Trinajstić information content (AvgIpc) is 1.37. The Balaban J connectivity index is 0. The molecule has 0 aromatic heterocycles. The van der Waals surface area contributed by atoms with Gasteiger partial charge in [0.15, 0.2) is 0 Å². The first kappa shape index (κ1) is 9.16. The maximum atomic E-state index is 8.70. The molecule has 0 aliphatic heterocycles. The van der Waals surface area contributed by atoms with Crippen molar-refractivity contribution < 1.29 is 14.8 Å². The maximum absolute atomic E-state index is 8.70. The molecule has 0 atom stereocenters. The van der Waals surface area contributed by atoms with Crippen molar-refractivity contribution in [1.82, 2.24) is 0 Å². The van der Waals surface area contributed by atoms with E-state index in [0.29, 0.717) is 0 Å². The number of hydrogen-bond acceptors (Lipinski definition) is 3. The Hall–Kier alpha value is 0.625. The molecule has 1 N–H and O–H groups in total. The molecule has 0 rings (SSSR count). The molecule has 0 aromatic rings. The fourth-order valence-electron chi connectivity index (χ4n) is 0. The predicted molar refractivity (Wildman–Crippen MR) is 15.9 cm³/mol. The molecule has 0 aliphatic rings. The molecule has 0 saturated heterocycles. The van der Waals surface area contributed by atoms with Gasteiger partial charge < -0.3 is 0 Å². The molecule has 0 bridgehead atoms. The molecule has 1 radical (unpaired) electrons. The Morgan fingerprint density at radius 2 is 2.00 bits per heavy atom. The van der Waals surface area contributed by atoms with Crippen LogP contribution in [0.3, 0.4) is 0 Å². The maximum Gasteiger partial charge on any atom is 0 e. The van der Waals surface area contributed by atoms with Crippen LogP contribution in [-0.2, 0) is 9.51 Å². The first-order chi connectivity index (χ1) is 1.91. The van der Waals surface area contributed by atoms with Crippen molar-refractivity contribution in [1.29, 1.82) is 0 Å². The van der Waals surface area contributed by atoms with E-state index in [4.69, 9.17) is 9.96 Å². The van der Waals surface area contributed by atoms with Crippen molar-refractivity contribution in [3.05, 3.63) is 0 Å². The van der Waals surface area contributed by atoms with Crippen molar-refractivity contribution in [3.8, 4) is 0 Å². The quantitative estimate of drug-likeness (QED) is 0.252. The molecule has 3 nitrogen and oxygen atoms in total. The molecule has 0 aromatic carbocycles. The largest absolute Gasteiger partial charge is 0 e. The van der Waals surface area contributed by atoms with Crippen LogP contribution in [-0.4, -0.2) is 42.2 Å². The first-order valence-electron chi connectivity index (χ1n) is 0.654. The minimum absolute atomic E-state index is 0. The minimum Gasteiger partial charge on any atom is 0 e. The van der Waals surface area contributed by atoms with Crippen molar-refractivity contribution in [2.24, 2.45) is 0 Å². The molecule has 0 unspecified atom stereocenters.